The highest BCUT2D eigenvalue weighted by molar-refractivity contribution is 9.10. The molecule has 16 heavy (non-hydrogen) atoms. The maximum Gasteiger partial charge on any atom is 0.0544 e. The topological polar surface area (TPSA) is 16.1 Å². The van der Waals surface area contributed by atoms with Crippen molar-refractivity contribution in [2.75, 3.05) is 18.4 Å². The van der Waals surface area contributed by atoms with Crippen LogP contribution >= 0.6 is 31.9 Å². The zero-order valence-corrected chi connectivity index (χ0v) is 12.4. The second kappa shape index (κ2) is 6.12. The Hall–Kier alpha value is 0.0700. The number of rotatable bonds is 3. The van der Waals surface area contributed by atoms with E-state index in [2.05, 4.69) is 53.9 Å². The molecule has 0 saturated carbocycles. The fourth-order valence-electron chi connectivity index (χ4n) is 2.15. The van der Waals surface area contributed by atoms with E-state index < -0.39 is 0 Å². The van der Waals surface area contributed by atoms with Crippen LogP contribution in [-0.4, -0.2) is 28.3 Å². The summed E-state index contributed by atoms with van der Waals surface area (Å²) in [5.41, 5.74) is 1.17. The molecule has 1 aromatic rings. The first kappa shape index (κ1) is 12.5. The van der Waals surface area contributed by atoms with Crippen LogP contribution < -0.4 is 0 Å². The fourth-order valence-corrected chi connectivity index (χ4v) is 2.91. The maximum absolute atomic E-state index is 4.42. The molecule has 0 bridgehead atoms. The van der Waals surface area contributed by atoms with E-state index in [4.69, 9.17) is 0 Å². The molecular weight excluding hydrogens is 332 g/mol. The van der Waals surface area contributed by atoms with Gasteiger partial charge in [-0.3, -0.25) is 9.88 Å². The largest absolute Gasteiger partial charge is 0.297 e. The molecule has 1 aliphatic rings. The number of hydrogen-bond donors (Lipinski definition) is 0. The summed E-state index contributed by atoms with van der Waals surface area (Å²) in [6, 6.07) is 4.16. The Morgan fingerprint density at radius 2 is 2.31 bits per heavy atom. The van der Waals surface area contributed by atoms with E-state index in [0.29, 0.717) is 0 Å². The van der Waals surface area contributed by atoms with E-state index in [1.54, 1.807) is 0 Å². The third-order valence-corrected chi connectivity index (χ3v) is 4.38. The molecule has 1 atom stereocenters. The van der Waals surface area contributed by atoms with Gasteiger partial charge in [-0.25, -0.2) is 0 Å². The molecule has 0 spiro atoms. The summed E-state index contributed by atoms with van der Waals surface area (Å²) in [5, 5.41) is 1.12. The van der Waals surface area contributed by atoms with Crippen LogP contribution in [-0.2, 0) is 6.54 Å². The van der Waals surface area contributed by atoms with Gasteiger partial charge in [0.25, 0.3) is 0 Å². The molecule has 2 heterocycles. The van der Waals surface area contributed by atoms with E-state index in [-0.39, 0.29) is 0 Å². The van der Waals surface area contributed by atoms with Crippen molar-refractivity contribution >= 4 is 31.9 Å². The summed E-state index contributed by atoms with van der Waals surface area (Å²) in [6.45, 7) is 3.39. The Morgan fingerprint density at radius 3 is 3.00 bits per heavy atom. The van der Waals surface area contributed by atoms with Crippen LogP contribution in [0, 0.1) is 5.92 Å². The van der Waals surface area contributed by atoms with E-state index in [0.717, 1.165) is 22.3 Å². The van der Waals surface area contributed by atoms with Crippen molar-refractivity contribution in [1.29, 1.82) is 0 Å². The monoisotopic (exact) mass is 346 g/mol. The van der Waals surface area contributed by atoms with Gasteiger partial charge in [-0.1, -0.05) is 15.9 Å². The third-order valence-electron chi connectivity index (χ3n) is 3.00. The Morgan fingerprint density at radius 1 is 1.44 bits per heavy atom. The molecule has 2 rings (SSSR count). The smallest absolute Gasteiger partial charge is 0.0544 e. The Labute approximate surface area is 114 Å². The first-order valence-corrected chi connectivity index (χ1v) is 7.58. The number of halogens is 2. The van der Waals surface area contributed by atoms with Crippen molar-refractivity contribution in [1.82, 2.24) is 9.88 Å². The van der Waals surface area contributed by atoms with Gasteiger partial charge < -0.3 is 0 Å². The van der Waals surface area contributed by atoms with E-state index in [9.17, 15) is 0 Å². The lowest BCUT2D eigenvalue weighted by atomic mass is 10.0. The zero-order chi connectivity index (χ0) is 11.4. The van der Waals surface area contributed by atoms with Crippen molar-refractivity contribution in [3.63, 3.8) is 0 Å². The number of alkyl halides is 1. The van der Waals surface area contributed by atoms with Gasteiger partial charge in [0.15, 0.2) is 0 Å². The molecule has 1 saturated heterocycles. The third kappa shape index (κ3) is 3.54. The van der Waals surface area contributed by atoms with Gasteiger partial charge in [0.1, 0.15) is 0 Å². The van der Waals surface area contributed by atoms with Crippen LogP contribution in [0.15, 0.2) is 22.8 Å². The van der Waals surface area contributed by atoms with E-state index in [1.165, 1.54) is 31.6 Å². The molecule has 4 heteroatoms. The molecule has 2 nitrogen and oxygen atoms in total. The number of nitrogens with zero attached hydrogens (tertiary/aromatic N) is 2. The summed E-state index contributed by atoms with van der Waals surface area (Å²) >= 11 is 6.99. The second-order valence-corrected chi connectivity index (χ2v) is 5.93. The fraction of sp³-hybridized carbons (Fsp3) is 0.583. The summed E-state index contributed by atoms with van der Waals surface area (Å²) in [4.78, 5) is 6.93. The zero-order valence-electron chi connectivity index (χ0n) is 9.20. The average molecular weight is 348 g/mol. The standard InChI is InChI=1S/C12H16Br2N2/c13-6-10-2-1-5-16(8-10)9-12-4-3-11(14)7-15-12/h3-4,7,10H,1-2,5-6,8-9H2. The normalized spacial score (nSPS) is 22.2. The molecule has 1 unspecified atom stereocenters. The molecule has 1 aliphatic heterocycles. The summed E-state index contributed by atoms with van der Waals surface area (Å²) in [7, 11) is 0. The van der Waals surface area contributed by atoms with Crippen LogP contribution in [0.2, 0.25) is 0 Å². The average Bonchev–Trinajstić information content (AvgIpc) is 2.32. The van der Waals surface area contributed by atoms with Gasteiger partial charge in [0.05, 0.1) is 5.69 Å². The van der Waals surface area contributed by atoms with Gasteiger partial charge in [-0.05, 0) is 53.4 Å². The van der Waals surface area contributed by atoms with Crippen LogP contribution in [0.25, 0.3) is 0 Å². The van der Waals surface area contributed by atoms with Gasteiger partial charge in [-0.2, -0.15) is 0 Å². The quantitative estimate of drug-likeness (QED) is 0.778. The van der Waals surface area contributed by atoms with E-state index in [1.807, 2.05) is 6.20 Å². The SMILES string of the molecule is BrCC1CCCN(Cc2ccc(Br)cn2)C1. The minimum absolute atomic E-state index is 0.809. The lowest BCUT2D eigenvalue weighted by molar-refractivity contribution is 0.177. The van der Waals surface area contributed by atoms with Gasteiger partial charge in [0.2, 0.25) is 0 Å². The van der Waals surface area contributed by atoms with Crippen LogP contribution in [0.1, 0.15) is 18.5 Å². The Bertz CT molecular complexity index is 326. The molecule has 0 amide bonds. The number of hydrogen-bond acceptors (Lipinski definition) is 2. The van der Waals surface area contributed by atoms with Crippen molar-refractivity contribution in [2.24, 2.45) is 5.92 Å². The van der Waals surface area contributed by atoms with Crippen LogP contribution in [0.5, 0.6) is 0 Å². The molecule has 0 radical (unpaired) electrons. The number of likely N-dealkylation sites (tertiary alicyclic amines) is 1. The minimum atomic E-state index is 0.809. The lowest BCUT2D eigenvalue weighted by Crippen LogP contribution is -2.35. The summed E-state index contributed by atoms with van der Waals surface area (Å²) in [5.74, 6) is 0.809. The van der Waals surface area contributed by atoms with Crippen molar-refractivity contribution in [3.8, 4) is 0 Å². The van der Waals surface area contributed by atoms with Gasteiger partial charge in [0, 0.05) is 29.1 Å². The van der Waals surface area contributed by atoms with Crippen molar-refractivity contribution < 1.29 is 0 Å². The van der Waals surface area contributed by atoms with Gasteiger partial charge >= 0.3 is 0 Å². The predicted molar refractivity (Wildman–Crippen MR) is 73.7 cm³/mol. The summed E-state index contributed by atoms with van der Waals surface area (Å²) in [6.07, 6.45) is 4.55. The Balaban J connectivity index is 1.91. The molecule has 0 aliphatic carbocycles. The summed E-state index contributed by atoms with van der Waals surface area (Å²) < 4.78 is 1.05. The minimum Gasteiger partial charge on any atom is -0.297 e. The number of piperidine rings is 1. The highest BCUT2D eigenvalue weighted by atomic mass is 79.9. The number of aromatic nitrogens is 1. The Kier molecular flexibility index (Phi) is 4.79. The number of pyridine rings is 1. The highest BCUT2D eigenvalue weighted by Gasteiger charge is 2.18. The van der Waals surface area contributed by atoms with E-state index >= 15 is 0 Å². The highest BCUT2D eigenvalue weighted by Crippen LogP contribution is 2.19. The van der Waals surface area contributed by atoms with Crippen LogP contribution in [0.4, 0.5) is 0 Å². The van der Waals surface area contributed by atoms with Crippen molar-refractivity contribution in [2.45, 2.75) is 19.4 Å². The van der Waals surface area contributed by atoms with Crippen LogP contribution in [0.3, 0.4) is 0 Å². The molecular formula is C12H16Br2N2. The van der Waals surface area contributed by atoms with Crippen molar-refractivity contribution in [3.05, 3.63) is 28.5 Å². The first-order chi connectivity index (χ1) is 7.78. The molecule has 88 valence electrons. The molecule has 1 fully saturated rings. The molecule has 0 N–H and O–H groups in total. The maximum atomic E-state index is 4.42. The first-order valence-electron chi connectivity index (χ1n) is 5.66. The second-order valence-electron chi connectivity index (χ2n) is 4.37. The molecule has 1 aromatic heterocycles. The van der Waals surface area contributed by atoms with Gasteiger partial charge in [-0.15, -0.1) is 0 Å². The predicted octanol–water partition coefficient (Wildman–Crippen LogP) is 3.45. The molecule has 0 aromatic carbocycles. The lowest BCUT2D eigenvalue weighted by Gasteiger charge is -2.31.